The summed E-state index contributed by atoms with van der Waals surface area (Å²) in [6.45, 7) is 4.71. The lowest BCUT2D eigenvalue weighted by molar-refractivity contribution is -0.138. The van der Waals surface area contributed by atoms with Crippen LogP contribution < -0.4 is 4.90 Å². The van der Waals surface area contributed by atoms with Crippen LogP contribution in [0.15, 0.2) is 18.2 Å². The van der Waals surface area contributed by atoms with Gasteiger partial charge in [0.15, 0.2) is 0 Å². The van der Waals surface area contributed by atoms with Gasteiger partial charge in [-0.3, -0.25) is 4.79 Å². The maximum atomic E-state index is 13.7. The molecular formula is C21H29F2NO2. The highest BCUT2D eigenvalue weighted by molar-refractivity contribution is 5.67. The molecule has 1 aliphatic heterocycles. The summed E-state index contributed by atoms with van der Waals surface area (Å²) in [6.07, 6.45) is 6.64. The van der Waals surface area contributed by atoms with Gasteiger partial charge < -0.3 is 10.0 Å². The molecular weight excluding hydrogens is 336 g/mol. The van der Waals surface area contributed by atoms with Gasteiger partial charge in [-0.15, -0.1) is 0 Å². The third-order valence-electron chi connectivity index (χ3n) is 6.51. The van der Waals surface area contributed by atoms with E-state index in [-0.39, 0.29) is 5.56 Å². The van der Waals surface area contributed by atoms with Crippen LogP contribution >= 0.6 is 0 Å². The Hall–Kier alpha value is -1.65. The molecule has 2 aliphatic rings. The van der Waals surface area contributed by atoms with E-state index in [0.29, 0.717) is 17.8 Å². The molecule has 0 atom stereocenters. The standard InChI is InChI=1S/C21H29F2NO2/c1-15-3-4-17(20(2,22)23)14-18(15)24-11-9-21(10-12-24)7-5-16(6-8-21)13-19(25)26/h3-4,14,16H,5-13H2,1-2H3,(H,25,26). The van der Waals surface area contributed by atoms with Crippen molar-refractivity contribution in [2.24, 2.45) is 11.3 Å². The number of anilines is 1. The lowest BCUT2D eigenvalue weighted by atomic mass is 9.65. The number of hydrogen-bond acceptors (Lipinski definition) is 2. The van der Waals surface area contributed by atoms with Crippen LogP contribution in [0.5, 0.6) is 0 Å². The molecule has 1 N–H and O–H groups in total. The zero-order valence-corrected chi connectivity index (χ0v) is 15.7. The van der Waals surface area contributed by atoms with E-state index >= 15 is 0 Å². The van der Waals surface area contributed by atoms with Crippen molar-refractivity contribution in [1.29, 1.82) is 0 Å². The van der Waals surface area contributed by atoms with Crippen LogP contribution in [0.4, 0.5) is 14.5 Å². The van der Waals surface area contributed by atoms with Gasteiger partial charge in [-0.05, 0) is 68.4 Å². The third kappa shape index (κ3) is 4.18. The fourth-order valence-corrected chi connectivity index (χ4v) is 4.69. The van der Waals surface area contributed by atoms with Crippen LogP contribution in [0.2, 0.25) is 0 Å². The average molecular weight is 365 g/mol. The number of nitrogens with zero attached hydrogens (tertiary/aromatic N) is 1. The number of aliphatic carboxylic acids is 1. The molecule has 0 aromatic heterocycles. The van der Waals surface area contributed by atoms with E-state index in [4.69, 9.17) is 5.11 Å². The summed E-state index contributed by atoms with van der Waals surface area (Å²) in [4.78, 5) is 13.2. The van der Waals surface area contributed by atoms with Crippen LogP contribution in [0, 0.1) is 18.3 Å². The highest BCUT2D eigenvalue weighted by atomic mass is 19.3. The SMILES string of the molecule is Cc1ccc(C(C)(F)F)cc1N1CCC2(CCC(CC(=O)O)CC2)CC1. The van der Waals surface area contributed by atoms with E-state index in [9.17, 15) is 13.6 Å². The predicted molar refractivity (Wildman–Crippen MR) is 98.8 cm³/mol. The van der Waals surface area contributed by atoms with Crippen molar-refractivity contribution in [1.82, 2.24) is 0 Å². The van der Waals surface area contributed by atoms with Gasteiger partial charge in [-0.1, -0.05) is 12.1 Å². The Labute approximate surface area is 154 Å². The van der Waals surface area contributed by atoms with E-state index in [1.807, 2.05) is 6.92 Å². The summed E-state index contributed by atoms with van der Waals surface area (Å²) in [7, 11) is 0. The number of carboxylic acids is 1. The Bertz CT molecular complexity index is 650. The first-order chi connectivity index (χ1) is 12.2. The zero-order valence-electron chi connectivity index (χ0n) is 15.7. The minimum absolute atomic E-state index is 0.0764. The molecule has 1 aromatic rings. The quantitative estimate of drug-likeness (QED) is 0.781. The van der Waals surface area contributed by atoms with Crippen molar-refractivity contribution in [2.75, 3.05) is 18.0 Å². The van der Waals surface area contributed by atoms with Gasteiger partial charge in [0.25, 0.3) is 5.92 Å². The highest BCUT2D eigenvalue weighted by Gasteiger charge is 2.38. The second-order valence-electron chi connectivity index (χ2n) is 8.42. The van der Waals surface area contributed by atoms with Gasteiger partial charge in [0.1, 0.15) is 0 Å². The lowest BCUT2D eigenvalue weighted by Gasteiger charge is -2.46. The Kier molecular flexibility index (Phi) is 5.27. The minimum atomic E-state index is -2.82. The number of alkyl halides is 2. The minimum Gasteiger partial charge on any atom is -0.481 e. The lowest BCUT2D eigenvalue weighted by Crippen LogP contribution is -2.42. The van der Waals surface area contributed by atoms with Crippen LogP contribution in [0.3, 0.4) is 0 Å². The van der Waals surface area contributed by atoms with Gasteiger partial charge in [0, 0.05) is 37.7 Å². The van der Waals surface area contributed by atoms with E-state index in [2.05, 4.69) is 4.90 Å². The summed E-state index contributed by atoms with van der Waals surface area (Å²) in [5, 5.41) is 8.97. The maximum absolute atomic E-state index is 13.7. The van der Waals surface area contributed by atoms with Crippen molar-refractivity contribution in [2.45, 2.75) is 64.7 Å². The first kappa shape index (κ1) is 19.1. The van der Waals surface area contributed by atoms with Crippen molar-refractivity contribution in [3.63, 3.8) is 0 Å². The van der Waals surface area contributed by atoms with E-state index in [0.717, 1.165) is 69.8 Å². The molecule has 26 heavy (non-hydrogen) atoms. The molecule has 144 valence electrons. The van der Waals surface area contributed by atoms with Crippen LogP contribution in [0.25, 0.3) is 0 Å². The molecule has 0 bridgehead atoms. The second kappa shape index (κ2) is 7.16. The Morgan fingerprint density at radius 3 is 2.38 bits per heavy atom. The van der Waals surface area contributed by atoms with Crippen molar-refractivity contribution in [3.8, 4) is 0 Å². The molecule has 0 radical (unpaired) electrons. The first-order valence-electron chi connectivity index (χ1n) is 9.64. The molecule has 2 fully saturated rings. The van der Waals surface area contributed by atoms with Gasteiger partial charge in [-0.25, -0.2) is 8.78 Å². The maximum Gasteiger partial charge on any atom is 0.303 e. The molecule has 0 unspecified atom stereocenters. The molecule has 3 nitrogen and oxygen atoms in total. The number of carboxylic acid groups (broad SMARTS) is 1. The van der Waals surface area contributed by atoms with Gasteiger partial charge in [-0.2, -0.15) is 0 Å². The monoisotopic (exact) mass is 365 g/mol. The average Bonchev–Trinajstić information content (AvgIpc) is 2.57. The molecule has 1 aliphatic carbocycles. The van der Waals surface area contributed by atoms with Crippen molar-refractivity contribution < 1.29 is 18.7 Å². The molecule has 5 heteroatoms. The van der Waals surface area contributed by atoms with Gasteiger partial charge in [0.05, 0.1) is 0 Å². The molecule has 3 rings (SSSR count). The van der Waals surface area contributed by atoms with Crippen molar-refractivity contribution in [3.05, 3.63) is 29.3 Å². The van der Waals surface area contributed by atoms with Crippen LogP contribution in [-0.2, 0) is 10.7 Å². The molecule has 1 aromatic carbocycles. The number of aryl methyl sites for hydroxylation is 1. The van der Waals surface area contributed by atoms with E-state index < -0.39 is 11.9 Å². The van der Waals surface area contributed by atoms with E-state index in [1.165, 1.54) is 6.07 Å². The largest absolute Gasteiger partial charge is 0.481 e. The smallest absolute Gasteiger partial charge is 0.303 e. The molecule has 1 heterocycles. The first-order valence-corrected chi connectivity index (χ1v) is 9.64. The summed E-state index contributed by atoms with van der Waals surface area (Å²) in [5.41, 5.74) is 2.37. The molecule has 0 amide bonds. The summed E-state index contributed by atoms with van der Waals surface area (Å²) >= 11 is 0. The number of hydrogen-bond donors (Lipinski definition) is 1. The van der Waals surface area contributed by atoms with Gasteiger partial charge >= 0.3 is 5.97 Å². The van der Waals surface area contributed by atoms with Gasteiger partial charge in [0.2, 0.25) is 0 Å². The predicted octanol–water partition coefficient (Wildman–Crippen LogP) is 5.36. The van der Waals surface area contributed by atoms with Crippen molar-refractivity contribution >= 4 is 11.7 Å². The number of halogens is 2. The number of piperidine rings is 1. The third-order valence-corrected chi connectivity index (χ3v) is 6.51. The normalized spacial score (nSPS) is 21.2. The number of carbonyl (C=O) groups is 1. The summed E-state index contributed by atoms with van der Waals surface area (Å²) in [6, 6.07) is 4.97. The topological polar surface area (TPSA) is 40.5 Å². The Morgan fingerprint density at radius 1 is 1.23 bits per heavy atom. The molecule has 1 spiro atoms. The summed E-state index contributed by atoms with van der Waals surface area (Å²) < 4.78 is 27.4. The zero-order chi connectivity index (χ0) is 18.9. The summed E-state index contributed by atoms with van der Waals surface area (Å²) in [5.74, 6) is -3.19. The van der Waals surface area contributed by atoms with Crippen LogP contribution in [-0.4, -0.2) is 24.2 Å². The fourth-order valence-electron chi connectivity index (χ4n) is 4.69. The Balaban J connectivity index is 1.63. The molecule has 1 saturated heterocycles. The fraction of sp³-hybridized carbons (Fsp3) is 0.667. The van der Waals surface area contributed by atoms with Crippen LogP contribution in [0.1, 0.15) is 63.0 Å². The number of benzene rings is 1. The second-order valence-corrected chi connectivity index (χ2v) is 8.42. The molecule has 1 saturated carbocycles. The Morgan fingerprint density at radius 2 is 1.85 bits per heavy atom. The van der Waals surface area contributed by atoms with E-state index in [1.54, 1.807) is 12.1 Å². The number of rotatable bonds is 4. The highest BCUT2D eigenvalue weighted by Crippen LogP contribution is 2.47.